The summed E-state index contributed by atoms with van der Waals surface area (Å²) in [4.78, 5) is 2.54. The van der Waals surface area contributed by atoms with E-state index in [-0.39, 0.29) is 11.7 Å². The molecule has 0 amide bonds. The summed E-state index contributed by atoms with van der Waals surface area (Å²) < 4.78 is 23.6. The molecule has 18 heavy (non-hydrogen) atoms. The lowest BCUT2D eigenvalue weighted by molar-refractivity contribution is 0.561. The molecular weight excluding hydrogens is 266 g/mol. The van der Waals surface area contributed by atoms with E-state index in [4.69, 9.17) is 0 Å². The third-order valence-electron chi connectivity index (χ3n) is 2.92. The Morgan fingerprint density at radius 2 is 2.11 bits per heavy atom. The minimum atomic E-state index is -2.90. The predicted octanol–water partition coefficient (Wildman–Crippen LogP) is 2.61. The van der Waals surface area contributed by atoms with E-state index in [1.165, 1.54) is 9.75 Å². The number of sulfone groups is 1. The standard InChI is InChI=1S/C13H23NO2S2/c1-4-11(2)10-18(15,16)8-7-14-9-13-6-5-12(3)17-13/h5-6,11,14H,4,7-10H2,1-3H3. The van der Waals surface area contributed by atoms with Crippen molar-refractivity contribution in [3.8, 4) is 0 Å². The van der Waals surface area contributed by atoms with Gasteiger partial charge < -0.3 is 5.32 Å². The van der Waals surface area contributed by atoms with Gasteiger partial charge >= 0.3 is 0 Å². The predicted molar refractivity (Wildman–Crippen MR) is 78.9 cm³/mol. The summed E-state index contributed by atoms with van der Waals surface area (Å²) in [5, 5.41) is 3.19. The molecule has 0 aliphatic heterocycles. The van der Waals surface area contributed by atoms with Crippen LogP contribution in [-0.4, -0.2) is 26.5 Å². The van der Waals surface area contributed by atoms with Gasteiger partial charge in [-0.2, -0.15) is 0 Å². The Labute approximate surface area is 115 Å². The maximum atomic E-state index is 11.8. The second-order valence-electron chi connectivity index (χ2n) is 4.82. The van der Waals surface area contributed by atoms with Crippen LogP contribution in [0.5, 0.6) is 0 Å². The minimum absolute atomic E-state index is 0.238. The summed E-state index contributed by atoms with van der Waals surface area (Å²) in [6.07, 6.45) is 0.918. The molecule has 0 radical (unpaired) electrons. The molecule has 1 heterocycles. The molecule has 1 N–H and O–H groups in total. The van der Waals surface area contributed by atoms with E-state index >= 15 is 0 Å². The van der Waals surface area contributed by atoms with Crippen LogP contribution in [-0.2, 0) is 16.4 Å². The lowest BCUT2D eigenvalue weighted by Crippen LogP contribution is -2.25. The molecular formula is C13H23NO2S2. The molecule has 0 saturated carbocycles. The first-order valence-electron chi connectivity index (χ1n) is 6.39. The zero-order chi connectivity index (χ0) is 13.6. The van der Waals surface area contributed by atoms with Crippen LogP contribution >= 0.6 is 11.3 Å². The molecule has 1 rings (SSSR count). The number of thiophene rings is 1. The van der Waals surface area contributed by atoms with Gasteiger partial charge in [0.25, 0.3) is 0 Å². The van der Waals surface area contributed by atoms with Crippen LogP contribution in [0.1, 0.15) is 30.0 Å². The maximum Gasteiger partial charge on any atom is 0.151 e. The topological polar surface area (TPSA) is 46.2 Å². The highest BCUT2D eigenvalue weighted by atomic mass is 32.2. The van der Waals surface area contributed by atoms with Crippen molar-refractivity contribution in [3.05, 3.63) is 21.9 Å². The van der Waals surface area contributed by atoms with Gasteiger partial charge in [0, 0.05) is 22.8 Å². The number of rotatable bonds is 8. The number of nitrogens with one attached hydrogen (secondary N) is 1. The zero-order valence-corrected chi connectivity index (χ0v) is 13.0. The fourth-order valence-corrected chi connectivity index (χ4v) is 4.24. The van der Waals surface area contributed by atoms with Crippen molar-refractivity contribution in [2.75, 3.05) is 18.1 Å². The van der Waals surface area contributed by atoms with Gasteiger partial charge in [-0.05, 0) is 25.0 Å². The SMILES string of the molecule is CCC(C)CS(=O)(=O)CCNCc1ccc(C)s1. The monoisotopic (exact) mass is 289 g/mol. The summed E-state index contributed by atoms with van der Waals surface area (Å²) in [5.74, 6) is 0.806. The van der Waals surface area contributed by atoms with Crippen LogP contribution in [0.3, 0.4) is 0 Å². The molecule has 0 spiro atoms. The summed E-state index contributed by atoms with van der Waals surface area (Å²) in [6.45, 7) is 7.38. The summed E-state index contributed by atoms with van der Waals surface area (Å²) in [7, 11) is -2.90. The molecule has 1 atom stereocenters. The molecule has 0 fully saturated rings. The highest BCUT2D eigenvalue weighted by Gasteiger charge is 2.14. The van der Waals surface area contributed by atoms with Crippen molar-refractivity contribution in [1.29, 1.82) is 0 Å². The number of hydrogen-bond acceptors (Lipinski definition) is 4. The maximum absolute atomic E-state index is 11.8. The molecule has 0 aliphatic carbocycles. The summed E-state index contributed by atoms with van der Waals surface area (Å²) in [6, 6.07) is 4.17. The van der Waals surface area contributed by atoms with Crippen molar-refractivity contribution in [2.24, 2.45) is 5.92 Å². The van der Waals surface area contributed by atoms with E-state index in [1.807, 2.05) is 13.8 Å². The van der Waals surface area contributed by atoms with Crippen LogP contribution in [0.15, 0.2) is 12.1 Å². The quantitative estimate of drug-likeness (QED) is 0.748. The first-order valence-corrected chi connectivity index (χ1v) is 9.03. The van der Waals surface area contributed by atoms with Crippen molar-refractivity contribution in [1.82, 2.24) is 5.32 Å². The Kier molecular flexibility index (Phi) is 6.32. The van der Waals surface area contributed by atoms with Crippen LogP contribution < -0.4 is 5.32 Å². The third-order valence-corrected chi connectivity index (χ3v) is 5.82. The normalized spacial score (nSPS) is 13.7. The molecule has 0 aromatic carbocycles. The highest BCUT2D eigenvalue weighted by molar-refractivity contribution is 7.91. The van der Waals surface area contributed by atoms with E-state index < -0.39 is 9.84 Å². The highest BCUT2D eigenvalue weighted by Crippen LogP contribution is 2.14. The van der Waals surface area contributed by atoms with Crippen LogP contribution in [0, 0.1) is 12.8 Å². The number of hydrogen-bond donors (Lipinski definition) is 1. The fraction of sp³-hybridized carbons (Fsp3) is 0.692. The summed E-state index contributed by atoms with van der Waals surface area (Å²) in [5.41, 5.74) is 0. The Bertz CT molecular complexity index is 451. The Morgan fingerprint density at radius 1 is 1.39 bits per heavy atom. The average molecular weight is 289 g/mol. The van der Waals surface area contributed by atoms with Gasteiger partial charge in [-0.1, -0.05) is 20.3 Å². The van der Waals surface area contributed by atoms with Gasteiger partial charge in [-0.3, -0.25) is 0 Å². The minimum Gasteiger partial charge on any atom is -0.311 e. The van der Waals surface area contributed by atoms with E-state index in [0.717, 1.165) is 13.0 Å². The lowest BCUT2D eigenvalue weighted by Gasteiger charge is -2.09. The second-order valence-corrected chi connectivity index (χ2v) is 8.42. The molecule has 0 aliphatic rings. The first-order chi connectivity index (χ1) is 8.43. The fourth-order valence-electron chi connectivity index (χ4n) is 1.65. The molecule has 5 heteroatoms. The molecule has 1 aromatic rings. The van der Waals surface area contributed by atoms with E-state index in [9.17, 15) is 8.42 Å². The van der Waals surface area contributed by atoms with Gasteiger partial charge in [-0.25, -0.2) is 8.42 Å². The molecule has 3 nitrogen and oxygen atoms in total. The molecule has 1 unspecified atom stereocenters. The van der Waals surface area contributed by atoms with Crippen molar-refractivity contribution in [3.63, 3.8) is 0 Å². The van der Waals surface area contributed by atoms with Crippen molar-refractivity contribution < 1.29 is 8.42 Å². The molecule has 0 bridgehead atoms. The van der Waals surface area contributed by atoms with E-state index in [2.05, 4.69) is 24.4 Å². The smallest absolute Gasteiger partial charge is 0.151 e. The van der Waals surface area contributed by atoms with Gasteiger partial charge in [0.1, 0.15) is 0 Å². The zero-order valence-electron chi connectivity index (χ0n) is 11.4. The average Bonchev–Trinajstić information content (AvgIpc) is 2.70. The number of aryl methyl sites for hydroxylation is 1. The molecule has 104 valence electrons. The van der Waals surface area contributed by atoms with Crippen LogP contribution in [0.4, 0.5) is 0 Å². The summed E-state index contributed by atoms with van der Waals surface area (Å²) >= 11 is 1.75. The lowest BCUT2D eigenvalue weighted by atomic mass is 10.2. The Morgan fingerprint density at radius 3 is 2.67 bits per heavy atom. The van der Waals surface area contributed by atoms with Crippen molar-refractivity contribution in [2.45, 2.75) is 33.7 Å². The van der Waals surface area contributed by atoms with Gasteiger partial charge in [0.2, 0.25) is 0 Å². The Hall–Kier alpha value is -0.390. The van der Waals surface area contributed by atoms with Gasteiger partial charge in [-0.15, -0.1) is 11.3 Å². The molecule has 1 aromatic heterocycles. The van der Waals surface area contributed by atoms with Crippen LogP contribution in [0.25, 0.3) is 0 Å². The molecule has 0 saturated heterocycles. The van der Waals surface area contributed by atoms with Gasteiger partial charge in [0.15, 0.2) is 9.84 Å². The third kappa shape index (κ3) is 5.98. The Balaban J connectivity index is 2.25. The second kappa shape index (κ2) is 7.26. The van der Waals surface area contributed by atoms with Gasteiger partial charge in [0.05, 0.1) is 11.5 Å². The van der Waals surface area contributed by atoms with Crippen LogP contribution in [0.2, 0.25) is 0 Å². The largest absolute Gasteiger partial charge is 0.311 e. The first kappa shape index (κ1) is 15.7. The van der Waals surface area contributed by atoms with E-state index in [1.54, 1.807) is 11.3 Å². The van der Waals surface area contributed by atoms with E-state index in [0.29, 0.717) is 12.3 Å². The van der Waals surface area contributed by atoms with Crippen molar-refractivity contribution >= 4 is 21.2 Å².